The van der Waals surface area contributed by atoms with Crippen molar-refractivity contribution < 1.29 is 30.4 Å². The van der Waals surface area contributed by atoms with Crippen molar-refractivity contribution in [3.63, 3.8) is 0 Å². The van der Waals surface area contributed by atoms with Crippen LogP contribution >= 0.6 is 23.1 Å². The smallest absolute Gasteiger partial charge is 0.261 e. The fraction of sp³-hybridized carbons (Fsp3) is 0.364. The van der Waals surface area contributed by atoms with E-state index in [1.807, 2.05) is 0 Å². The van der Waals surface area contributed by atoms with Crippen LogP contribution in [0, 0.1) is 13.8 Å². The third-order valence-corrected chi connectivity index (χ3v) is 9.21. The molecule has 0 aliphatic carbocycles. The van der Waals surface area contributed by atoms with Crippen LogP contribution in [0.15, 0.2) is 44.7 Å². The van der Waals surface area contributed by atoms with Crippen molar-refractivity contribution in [3.8, 4) is 5.69 Å². The second-order valence-electron chi connectivity index (χ2n) is 7.84. The van der Waals surface area contributed by atoms with Gasteiger partial charge in [0.2, 0.25) is 0 Å². The molecule has 196 valence electrons. The second kappa shape index (κ2) is 10.5. The first kappa shape index (κ1) is 28.1. The number of hydrogen-bond acceptors (Lipinski definition) is 6. The Hall–Kier alpha value is -2.45. The lowest BCUT2D eigenvalue weighted by atomic mass is 10.1. The minimum Gasteiger partial charge on any atom is -0.261 e. The van der Waals surface area contributed by atoms with Crippen LogP contribution in [0.4, 0.5) is 27.8 Å². The number of unbranched alkanes of at least 4 members (excludes halogenated alkanes) is 1. The van der Waals surface area contributed by atoms with Gasteiger partial charge in [0.15, 0.2) is 5.82 Å². The van der Waals surface area contributed by atoms with Crippen LogP contribution in [0.3, 0.4) is 0 Å². The van der Waals surface area contributed by atoms with E-state index < -0.39 is 34.2 Å². The summed E-state index contributed by atoms with van der Waals surface area (Å²) in [5.74, 6) is -4.78. The molecule has 0 saturated carbocycles. The number of aryl methyl sites for hydroxylation is 1. The van der Waals surface area contributed by atoms with Crippen LogP contribution in [0.1, 0.15) is 35.4 Å². The van der Waals surface area contributed by atoms with Gasteiger partial charge in [0.05, 0.1) is 9.10 Å². The number of benzene rings is 1. The molecule has 1 N–H and O–H groups in total. The highest BCUT2D eigenvalue weighted by Gasteiger charge is 2.56. The van der Waals surface area contributed by atoms with Crippen molar-refractivity contribution >= 4 is 45.0 Å². The molecule has 0 atom stereocenters. The summed E-state index contributed by atoms with van der Waals surface area (Å²) in [6.45, 7) is 7.03. The maximum absolute atomic E-state index is 13.1. The number of nitrogens with zero attached hydrogens (tertiary/aromatic N) is 2. The first-order valence-electron chi connectivity index (χ1n) is 10.5. The molecule has 1 aromatic carbocycles. The molecule has 0 saturated heterocycles. The Labute approximate surface area is 212 Å². The molecule has 0 amide bonds. The Morgan fingerprint density at radius 1 is 1.14 bits per heavy atom. The fourth-order valence-electron chi connectivity index (χ4n) is 3.21. The van der Waals surface area contributed by atoms with Crippen LogP contribution in [0.2, 0.25) is 0 Å². The van der Waals surface area contributed by atoms with E-state index in [9.17, 15) is 35.2 Å². The standard InChI is InChI=1S/C22H22F5N3O3S3/c1-4-15-7-9-16(10-8-15)36(32,33)29-18-17-19(35-14(3)13(2)30(17)20(31)28-18)34-12-6-5-11-21(23,24)22(25,26)27/h4,7-10H,1,5-6,11-12H2,2-3H3,(H,28,29,31). The molecule has 2 heterocycles. The van der Waals surface area contributed by atoms with Gasteiger partial charge >= 0.3 is 17.8 Å². The van der Waals surface area contributed by atoms with E-state index in [1.54, 1.807) is 32.1 Å². The maximum Gasteiger partial charge on any atom is 0.453 e. The quantitative estimate of drug-likeness (QED) is 0.178. The third kappa shape index (κ3) is 5.92. The number of hydrogen-bond donors (Lipinski definition) is 1. The van der Waals surface area contributed by atoms with Crippen molar-refractivity contribution in [2.75, 3.05) is 10.5 Å². The van der Waals surface area contributed by atoms with Gasteiger partial charge in [-0.2, -0.15) is 26.9 Å². The number of nitrogens with one attached hydrogen (secondary N) is 1. The number of alkyl halides is 5. The average molecular weight is 568 g/mol. The van der Waals surface area contributed by atoms with Gasteiger partial charge in [-0.25, -0.2) is 13.2 Å². The highest BCUT2D eigenvalue weighted by atomic mass is 32.2. The molecule has 2 aliphatic heterocycles. The Balaban J connectivity index is 1.85. The summed E-state index contributed by atoms with van der Waals surface area (Å²) in [7, 11) is -4.11. The van der Waals surface area contributed by atoms with Crippen molar-refractivity contribution in [2.45, 2.75) is 54.3 Å². The molecule has 6 nitrogen and oxygen atoms in total. The van der Waals surface area contributed by atoms with Crippen molar-refractivity contribution in [1.29, 1.82) is 0 Å². The van der Waals surface area contributed by atoms with E-state index in [0.29, 0.717) is 15.5 Å². The van der Waals surface area contributed by atoms with Crippen LogP contribution in [-0.4, -0.2) is 35.8 Å². The van der Waals surface area contributed by atoms with E-state index in [-0.39, 0.29) is 35.0 Å². The zero-order valence-electron chi connectivity index (χ0n) is 19.2. The zero-order valence-corrected chi connectivity index (χ0v) is 21.6. The Morgan fingerprint density at radius 3 is 2.36 bits per heavy atom. The summed E-state index contributed by atoms with van der Waals surface area (Å²) in [6, 6.07) is 5.87. The first-order chi connectivity index (χ1) is 16.7. The second-order valence-corrected chi connectivity index (χ2v) is 12.1. The zero-order chi connectivity index (χ0) is 26.9. The molecular formula is C22H22F5N3O3S3. The van der Waals surface area contributed by atoms with Crippen molar-refractivity contribution in [2.24, 2.45) is 0 Å². The van der Waals surface area contributed by atoms with Crippen molar-refractivity contribution in [3.05, 3.63) is 57.5 Å². The fourth-order valence-corrected chi connectivity index (χ4v) is 6.74. The van der Waals surface area contributed by atoms with E-state index in [2.05, 4.69) is 16.3 Å². The lowest BCUT2D eigenvalue weighted by Gasteiger charge is -2.19. The van der Waals surface area contributed by atoms with Gasteiger partial charge in [0.1, 0.15) is 5.69 Å². The highest BCUT2D eigenvalue weighted by Crippen LogP contribution is 2.41. The molecule has 1 aromatic rings. The summed E-state index contributed by atoms with van der Waals surface area (Å²) in [5.41, 5.74) is 0.750. The predicted molar refractivity (Wildman–Crippen MR) is 131 cm³/mol. The first-order valence-corrected chi connectivity index (χ1v) is 13.8. The average Bonchev–Trinajstić information content (AvgIpc) is 3.11. The van der Waals surface area contributed by atoms with Gasteiger partial charge in [-0.15, -0.1) is 23.1 Å². The van der Waals surface area contributed by atoms with Gasteiger partial charge in [0, 0.05) is 17.0 Å². The summed E-state index contributed by atoms with van der Waals surface area (Å²) >= 11 is 2.38. The lowest BCUT2D eigenvalue weighted by Crippen LogP contribution is -2.36. The van der Waals surface area contributed by atoms with Gasteiger partial charge in [-0.1, -0.05) is 24.8 Å². The molecule has 0 fully saturated rings. The van der Waals surface area contributed by atoms with E-state index in [4.69, 9.17) is 0 Å². The number of thioether (sulfide) groups is 1. The molecule has 0 radical (unpaired) electrons. The third-order valence-electron chi connectivity index (χ3n) is 5.32. The van der Waals surface area contributed by atoms with Gasteiger partial charge in [-0.3, -0.25) is 9.29 Å². The minimum absolute atomic E-state index is 0.0528. The van der Waals surface area contributed by atoms with E-state index >= 15 is 0 Å². The molecule has 0 bridgehead atoms. The lowest BCUT2D eigenvalue weighted by molar-refractivity contribution is -0.284. The van der Waals surface area contributed by atoms with E-state index in [1.165, 1.54) is 28.0 Å². The molecule has 0 unspecified atom stereocenters. The molecule has 14 heteroatoms. The minimum atomic E-state index is -5.59. The summed E-state index contributed by atoms with van der Waals surface area (Å²) in [5, 5.41) is 0. The molecular weight excluding hydrogens is 545 g/mol. The normalized spacial score (nSPS) is 12.8. The van der Waals surface area contributed by atoms with Crippen LogP contribution in [-0.2, 0) is 10.0 Å². The van der Waals surface area contributed by atoms with Crippen LogP contribution < -0.4 is 10.4 Å². The Morgan fingerprint density at radius 2 is 1.78 bits per heavy atom. The summed E-state index contributed by atoms with van der Waals surface area (Å²) in [6.07, 6.45) is -5.68. The van der Waals surface area contributed by atoms with Gasteiger partial charge < -0.3 is 0 Å². The molecule has 36 heavy (non-hydrogen) atoms. The monoisotopic (exact) mass is 567 g/mol. The molecule has 2 aliphatic rings. The Kier molecular flexibility index (Phi) is 8.20. The van der Waals surface area contributed by atoms with Gasteiger partial charge in [-0.05, 0) is 50.1 Å². The SMILES string of the molecule is C=Cc1ccc(S(=O)(=O)Nc2nc(=O)n3c(C)c(C)sc(SCCCCC(F)(F)C(F)(F)F)c2-3)cc1. The number of anilines is 1. The van der Waals surface area contributed by atoms with Crippen molar-refractivity contribution in [1.82, 2.24) is 9.55 Å². The number of fused-ring (bicyclic) bond motifs is 1. The van der Waals surface area contributed by atoms with Crippen LogP contribution in [0.5, 0.6) is 0 Å². The number of rotatable bonds is 10. The maximum atomic E-state index is 13.1. The number of imidazole rings is 1. The van der Waals surface area contributed by atoms with Gasteiger partial charge in [0.25, 0.3) is 10.0 Å². The number of halogens is 5. The number of aromatic nitrogens is 2. The number of sulfonamides is 1. The van der Waals surface area contributed by atoms with E-state index in [0.717, 1.165) is 16.6 Å². The molecule has 0 aromatic heterocycles. The topological polar surface area (TPSA) is 81.1 Å². The summed E-state index contributed by atoms with van der Waals surface area (Å²) in [4.78, 5) is 17.2. The highest BCUT2D eigenvalue weighted by molar-refractivity contribution is 8.01. The largest absolute Gasteiger partial charge is 0.453 e. The summed E-state index contributed by atoms with van der Waals surface area (Å²) < 4.78 is 93.3. The molecule has 3 rings (SSSR count). The Bertz CT molecular complexity index is 1380. The molecule has 0 spiro atoms. The predicted octanol–water partition coefficient (Wildman–Crippen LogP) is 6.25. The van der Waals surface area contributed by atoms with Crippen LogP contribution in [0.25, 0.3) is 11.8 Å².